The third-order valence-electron chi connectivity index (χ3n) is 13.9. The van der Waals surface area contributed by atoms with Crippen molar-refractivity contribution in [3.8, 4) is 79.7 Å². The highest BCUT2D eigenvalue weighted by Gasteiger charge is 2.25. The number of nitrogens with zero attached hydrogens (tertiary/aromatic N) is 8. The van der Waals surface area contributed by atoms with Crippen LogP contribution in [0.4, 0.5) is 0 Å². The Hall–Kier alpha value is -10.4. The van der Waals surface area contributed by atoms with Crippen molar-refractivity contribution in [1.82, 2.24) is 39.0 Å². The molecule has 0 N–H and O–H groups in total. The number of hydrogen-bond acceptors (Lipinski definition) is 7. The van der Waals surface area contributed by atoms with Crippen molar-refractivity contribution in [2.45, 2.75) is 0 Å². The molecule has 15 rings (SSSR count). The van der Waals surface area contributed by atoms with Gasteiger partial charge in [0.2, 0.25) is 0 Å². The van der Waals surface area contributed by atoms with Crippen LogP contribution in [0.15, 0.2) is 247 Å². The molecule has 0 atom stereocenters. The first-order chi connectivity index (χ1) is 39.3. The second-order valence-corrected chi connectivity index (χ2v) is 18.3. The molecule has 0 spiro atoms. The summed E-state index contributed by atoms with van der Waals surface area (Å²) < 4.78 is 55.0. The van der Waals surface area contributed by atoms with E-state index in [1.54, 1.807) is 4.57 Å². The number of furan rings is 1. The van der Waals surface area contributed by atoms with E-state index < -0.39 is 18.1 Å². The van der Waals surface area contributed by atoms with Crippen molar-refractivity contribution in [2.24, 2.45) is 0 Å². The molecule has 9 heteroatoms. The maximum absolute atomic E-state index is 9.21. The summed E-state index contributed by atoms with van der Waals surface area (Å²) >= 11 is 0. The summed E-state index contributed by atoms with van der Waals surface area (Å²) in [6.45, 7) is 0. The van der Waals surface area contributed by atoms with Crippen molar-refractivity contribution in [3.05, 3.63) is 243 Å². The Morgan fingerprint density at radius 2 is 0.867 bits per heavy atom. The molecule has 15 aromatic rings. The summed E-state index contributed by atoms with van der Waals surface area (Å²) in [7, 11) is 0. The molecular formula is C66H40N8O. The largest absolute Gasteiger partial charge is 0.455 e. The van der Waals surface area contributed by atoms with Gasteiger partial charge in [-0.2, -0.15) is 0 Å². The molecule has 5 heterocycles. The highest BCUT2D eigenvalue weighted by molar-refractivity contribution is 6.26. The average molecular weight is 966 g/mol. The molecule has 0 aliphatic carbocycles. The van der Waals surface area contributed by atoms with Gasteiger partial charge in [0.15, 0.2) is 34.9 Å². The van der Waals surface area contributed by atoms with Gasteiger partial charge in [0.25, 0.3) is 0 Å². The van der Waals surface area contributed by atoms with E-state index in [-0.39, 0.29) is 17.8 Å². The minimum Gasteiger partial charge on any atom is -0.455 e. The lowest BCUT2D eigenvalue weighted by Crippen LogP contribution is -2.05. The van der Waals surface area contributed by atoms with Gasteiger partial charge in [-0.15, -0.1) is 0 Å². The van der Waals surface area contributed by atoms with Crippen LogP contribution in [0.2, 0.25) is 0 Å². The first kappa shape index (κ1) is 37.4. The lowest BCUT2D eigenvalue weighted by Gasteiger charge is -2.17. The summed E-state index contributed by atoms with van der Waals surface area (Å²) in [4.78, 5) is 31.5. The molecule has 0 fully saturated rings. The highest BCUT2D eigenvalue weighted by Crippen LogP contribution is 2.44. The highest BCUT2D eigenvalue weighted by atomic mass is 16.3. The van der Waals surface area contributed by atoms with Gasteiger partial charge in [-0.25, -0.2) is 29.9 Å². The third-order valence-corrected chi connectivity index (χ3v) is 13.9. The summed E-state index contributed by atoms with van der Waals surface area (Å²) in [5.74, 6) is 2.65. The zero-order chi connectivity index (χ0) is 53.8. The molecule has 0 unspecified atom stereocenters. The fourth-order valence-corrected chi connectivity index (χ4v) is 10.6. The molecule has 10 aromatic carbocycles. The van der Waals surface area contributed by atoms with Gasteiger partial charge >= 0.3 is 0 Å². The van der Waals surface area contributed by atoms with Crippen LogP contribution in [0.5, 0.6) is 0 Å². The van der Waals surface area contributed by atoms with Crippen molar-refractivity contribution >= 4 is 65.6 Å². The lowest BCUT2D eigenvalue weighted by atomic mass is 10.0. The van der Waals surface area contributed by atoms with E-state index in [1.807, 2.05) is 182 Å². The van der Waals surface area contributed by atoms with Gasteiger partial charge in [0.1, 0.15) is 11.2 Å². The molecule has 75 heavy (non-hydrogen) atoms. The van der Waals surface area contributed by atoms with E-state index in [1.165, 1.54) is 0 Å². The van der Waals surface area contributed by atoms with Crippen molar-refractivity contribution in [1.29, 1.82) is 0 Å². The van der Waals surface area contributed by atoms with Gasteiger partial charge in [-0.05, 0) is 60.6 Å². The van der Waals surface area contributed by atoms with Crippen LogP contribution < -0.4 is 0 Å². The quantitative estimate of drug-likeness (QED) is 0.149. The van der Waals surface area contributed by atoms with Gasteiger partial charge < -0.3 is 13.6 Å². The molecule has 0 aliphatic heterocycles. The zero-order valence-electron chi connectivity index (χ0n) is 44.7. The Kier molecular flexibility index (Phi) is 8.55. The van der Waals surface area contributed by atoms with E-state index in [0.717, 1.165) is 71.3 Å². The number of benzene rings is 10. The average Bonchev–Trinajstić information content (AvgIpc) is 4.33. The summed E-state index contributed by atoms with van der Waals surface area (Å²) in [6, 6.07) is 67.9. The number of fused-ring (bicyclic) bond motifs is 10. The van der Waals surface area contributed by atoms with Crippen LogP contribution in [-0.4, -0.2) is 39.0 Å². The summed E-state index contributed by atoms with van der Waals surface area (Å²) in [5, 5.41) is 5.49. The molecule has 5 aromatic heterocycles. The first-order valence-electron chi connectivity index (χ1n) is 27.0. The van der Waals surface area contributed by atoms with Crippen LogP contribution in [0.3, 0.4) is 0 Å². The predicted octanol–water partition coefficient (Wildman–Crippen LogP) is 16.2. The standard InChI is InChI=1S/C66H40N8O/c1-5-20-41(21-6-1)61-67-62(42-22-7-2-8-23-42)71-66(70-61)52-40-44(64-68-63(43-24-9-3-10-25-43)69-65(72-64)51-32-19-31-49-47-29-15-18-35-57(47)75-60(49)51)36-38-55(52)74-53-33-16-13-28-46(53)48-37-39-56-58(59(48)74)50-30-14-17-34-54(50)73(56)45-26-11-4-12-27-45/h1-40H/i4D,11D,12D,26D,27D. The zero-order valence-corrected chi connectivity index (χ0v) is 39.7. The molecule has 0 saturated carbocycles. The smallest absolute Gasteiger partial charge is 0.167 e. The first-order valence-corrected chi connectivity index (χ1v) is 24.5. The topological polar surface area (TPSA) is 100 Å². The molecule has 350 valence electrons. The minimum absolute atomic E-state index is 0.0597. The number of rotatable bonds is 8. The monoisotopic (exact) mass is 965 g/mol. The Labute approximate surface area is 436 Å². The third kappa shape index (κ3) is 6.94. The fraction of sp³-hybridized carbons (Fsp3) is 0. The lowest BCUT2D eigenvalue weighted by molar-refractivity contribution is 0.669. The molecule has 0 saturated heterocycles. The van der Waals surface area contributed by atoms with Crippen LogP contribution in [0, 0.1) is 0 Å². The van der Waals surface area contributed by atoms with Crippen LogP contribution in [0.1, 0.15) is 6.85 Å². The maximum Gasteiger partial charge on any atom is 0.167 e. The minimum atomic E-state index is -0.458. The maximum atomic E-state index is 9.21. The summed E-state index contributed by atoms with van der Waals surface area (Å²) in [6.07, 6.45) is 0. The number of aromatic nitrogens is 8. The van der Waals surface area contributed by atoms with Gasteiger partial charge in [0, 0.05) is 65.8 Å². The second kappa shape index (κ2) is 17.1. The van der Waals surface area contributed by atoms with Crippen molar-refractivity contribution < 1.29 is 11.3 Å². The molecule has 0 aliphatic rings. The molecule has 0 amide bonds. The van der Waals surface area contributed by atoms with Gasteiger partial charge in [-0.1, -0.05) is 182 Å². The SMILES string of the molecule is [2H]c1c([2H])c([2H])c(-n2c3ccccc3c3c2ccc2c4ccccc4n(-c4ccc(-c5nc(-c6ccccc6)nc(-c6cccc7c6oc6ccccc67)n5)cc4-c4nc(-c5ccccc5)nc(-c5ccccc5)n4)c23)c([2H])c1[2H]. The Balaban J connectivity index is 1.06. The van der Waals surface area contributed by atoms with Crippen LogP contribution >= 0.6 is 0 Å². The van der Waals surface area contributed by atoms with E-state index >= 15 is 0 Å². The molecular weight excluding hydrogens is 921 g/mol. The molecule has 0 radical (unpaired) electrons. The van der Waals surface area contributed by atoms with Crippen molar-refractivity contribution in [3.63, 3.8) is 0 Å². The van der Waals surface area contributed by atoms with Crippen LogP contribution in [0.25, 0.3) is 145 Å². The van der Waals surface area contributed by atoms with E-state index in [4.69, 9.17) is 38.4 Å². The predicted molar refractivity (Wildman–Crippen MR) is 302 cm³/mol. The Bertz CT molecular complexity index is 4940. The van der Waals surface area contributed by atoms with Gasteiger partial charge in [-0.3, -0.25) is 0 Å². The number of hydrogen-bond donors (Lipinski definition) is 0. The van der Waals surface area contributed by atoms with Crippen LogP contribution in [-0.2, 0) is 0 Å². The Morgan fingerprint density at radius 3 is 1.52 bits per heavy atom. The Morgan fingerprint density at radius 1 is 0.347 bits per heavy atom. The van der Waals surface area contributed by atoms with E-state index in [2.05, 4.69) is 34.9 Å². The van der Waals surface area contributed by atoms with E-state index in [0.29, 0.717) is 68.3 Å². The van der Waals surface area contributed by atoms with E-state index in [9.17, 15) is 2.74 Å². The second-order valence-electron chi connectivity index (χ2n) is 18.3. The number of para-hydroxylation sites is 5. The van der Waals surface area contributed by atoms with Gasteiger partial charge in [0.05, 0.1) is 40.2 Å². The van der Waals surface area contributed by atoms with Crippen molar-refractivity contribution in [2.75, 3.05) is 0 Å². The molecule has 9 nitrogen and oxygen atoms in total. The fourth-order valence-electron chi connectivity index (χ4n) is 10.6. The normalized spacial score (nSPS) is 12.7. The summed E-state index contributed by atoms with van der Waals surface area (Å²) in [5.41, 5.74) is 9.68. The molecule has 0 bridgehead atoms.